The Bertz CT molecular complexity index is 1590. The van der Waals surface area contributed by atoms with Crippen LogP contribution in [0.15, 0.2) is 12.1 Å². The fraction of sp³-hybridized carbons (Fsp3) is 0.730. The van der Waals surface area contributed by atoms with Crippen LogP contribution in [0.5, 0.6) is 11.5 Å². The number of quaternary nitrogens is 1. The number of carboxylic acid groups (broad SMARTS) is 1. The zero-order valence-corrected chi connectivity index (χ0v) is 30.2. The van der Waals surface area contributed by atoms with Crippen molar-refractivity contribution >= 4 is 23.9 Å². The van der Waals surface area contributed by atoms with Gasteiger partial charge in [-0.1, -0.05) is 6.07 Å². The fourth-order valence-electron chi connectivity index (χ4n) is 11.4. The Morgan fingerprint density at radius 3 is 2.56 bits per heavy atom. The van der Waals surface area contributed by atoms with Crippen molar-refractivity contribution in [3.05, 3.63) is 23.3 Å². The second-order valence-corrected chi connectivity index (χ2v) is 16.9. The Balaban J connectivity index is 1.17. The summed E-state index contributed by atoms with van der Waals surface area (Å²) in [6.45, 7) is 7.36. The van der Waals surface area contributed by atoms with Gasteiger partial charge in [-0.05, 0) is 57.6 Å². The number of aliphatic carboxylic acids is 1. The second-order valence-electron chi connectivity index (χ2n) is 16.9. The number of carbonyl (C=O) groups excluding carboxylic acids is 3. The molecule has 2 heterocycles. The summed E-state index contributed by atoms with van der Waals surface area (Å²) < 4.78 is 20.8. The van der Waals surface area contributed by atoms with Crippen LogP contribution in [-0.2, 0) is 31.0 Å². The minimum atomic E-state index is -1.23. The van der Waals surface area contributed by atoms with Gasteiger partial charge in [0.25, 0.3) is 0 Å². The zero-order chi connectivity index (χ0) is 36.0. The second kappa shape index (κ2) is 11.8. The fourth-order valence-corrected chi connectivity index (χ4v) is 11.4. The number of amides is 3. The first-order valence-corrected chi connectivity index (χ1v) is 18.2. The third kappa shape index (κ3) is 5.12. The molecule has 8 rings (SSSR count). The molecule has 50 heavy (non-hydrogen) atoms. The predicted octanol–water partition coefficient (Wildman–Crippen LogP) is 2.35. The van der Waals surface area contributed by atoms with Gasteiger partial charge >= 0.3 is 12.1 Å². The van der Waals surface area contributed by atoms with Crippen molar-refractivity contribution < 1.29 is 48.1 Å². The average Bonchev–Trinajstić information content (AvgIpc) is 3.77. The van der Waals surface area contributed by atoms with Crippen molar-refractivity contribution in [2.45, 2.75) is 107 Å². The van der Waals surface area contributed by atoms with Gasteiger partial charge in [0.15, 0.2) is 11.5 Å². The van der Waals surface area contributed by atoms with Gasteiger partial charge in [-0.25, -0.2) is 4.79 Å². The van der Waals surface area contributed by atoms with Crippen molar-refractivity contribution in [2.75, 3.05) is 47.4 Å². The lowest BCUT2D eigenvalue weighted by molar-refractivity contribution is -0.952. The molecule has 1 unspecified atom stereocenters. The summed E-state index contributed by atoms with van der Waals surface area (Å²) in [7, 11) is 5.78. The number of ether oxygens (including phenoxy) is 3. The Kier molecular flexibility index (Phi) is 8.27. The summed E-state index contributed by atoms with van der Waals surface area (Å²) >= 11 is 0. The maximum absolute atomic E-state index is 13.5. The maximum atomic E-state index is 13.5. The van der Waals surface area contributed by atoms with Crippen molar-refractivity contribution in [2.24, 2.45) is 17.3 Å². The first-order chi connectivity index (χ1) is 23.5. The maximum Gasteiger partial charge on any atom is 0.415 e. The number of benzene rings is 1. The molecule has 4 saturated carbocycles. The van der Waals surface area contributed by atoms with E-state index in [2.05, 4.69) is 23.7 Å². The van der Waals surface area contributed by atoms with Crippen LogP contribution in [0, 0.1) is 17.3 Å². The number of fused-ring (bicyclic) bond motifs is 2. The van der Waals surface area contributed by atoms with Gasteiger partial charge in [0, 0.05) is 69.8 Å². The monoisotopic (exact) mass is 697 g/mol. The number of hydrogen-bond acceptors (Lipinski definition) is 8. The number of nitrogens with zero attached hydrogens (tertiary/aromatic N) is 2. The van der Waals surface area contributed by atoms with E-state index in [4.69, 9.17) is 19.3 Å². The lowest BCUT2D eigenvalue weighted by Gasteiger charge is -2.75. The quantitative estimate of drug-likeness (QED) is 0.240. The first-order valence-electron chi connectivity index (χ1n) is 18.2. The summed E-state index contributed by atoms with van der Waals surface area (Å²) in [6.07, 6.45) is 5.61. The van der Waals surface area contributed by atoms with E-state index in [0.29, 0.717) is 17.5 Å². The van der Waals surface area contributed by atoms with Gasteiger partial charge in [-0.15, -0.1) is 0 Å². The molecule has 5 aliphatic carbocycles. The molecule has 4 N–H and O–H groups in total. The van der Waals surface area contributed by atoms with Crippen LogP contribution >= 0.6 is 0 Å². The summed E-state index contributed by atoms with van der Waals surface area (Å²) in [6, 6.07) is 3.11. The number of carbonyl (C=O) groups is 4. The predicted molar refractivity (Wildman–Crippen MR) is 181 cm³/mol. The molecular weight excluding hydrogens is 644 g/mol. The highest BCUT2D eigenvalue weighted by molar-refractivity contribution is 5.90. The third-order valence-electron chi connectivity index (χ3n) is 13.5. The van der Waals surface area contributed by atoms with Crippen molar-refractivity contribution in [1.29, 1.82) is 0 Å². The van der Waals surface area contributed by atoms with E-state index in [1.54, 1.807) is 14.2 Å². The lowest BCUT2D eigenvalue weighted by atomic mass is 9.33. The van der Waals surface area contributed by atoms with E-state index >= 15 is 0 Å². The number of rotatable bonds is 12. The first kappa shape index (κ1) is 35.0. The van der Waals surface area contributed by atoms with E-state index in [1.807, 2.05) is 19.9 Å². The smallest absolute Gasteiger partial charge is 0.415 e. The van der Waals surface area contributed by atoms with Crippen LogP contribution in [0.25, 0.3) is 0 Å². The highest BCUT2D eigenvalue weighted by Crippen LogP contribution is 2.78. The number of hydrogen-bond donors (Lipinski definition) is 4. The number of carboxylic acids is 1. The molecule has 1 aromatic carbocycles. The van der Waals surface area contributed by atoms with Gasteiger partial charge in [-0.2, -0.15) is 0 Å². The molecular formula is C37H53N4O9+. The molecule has 13 nitrogen and oxygen atoms in total. The number of aliphatic hydroxyl groups is 1. The van der Waals surface area contributed by atoms with E-state index in [-0.39, 0.29) is 35.9 Å². The summed E-state index contributed by atoms with van der Waals surface area (Å²) in [5.74, 6) is -0.793. The van der Waals surface area contributed by atoms with Crippen molar-refractivity contribution in [3.63, 3.8) is 0 Å². The van der Waals surface area contributed by atoms with E-state index in [1.165, 1.54) is 36.8 Å². The molecule has 274 valence electrons. The largest absolute Gasteiger partial charge is 0.482 e. The van der Waals surface area contributed by atoms with E-state index in [9.17, 15) is 24.3 Å². The highest BCUT2D eigenvalue weighted by atomic mass is 16.6. The Hall–Kier alpha value is -3.42. The number of piperidine rings is 1. The number of nitrogens with one attached hydrogen (secondary N) is 2. The van der Waals surface area contributed by atoms with Gasteiger partial charge in [0.2, 0.25) is 11.8 Å². The van der Waals surface area contributed by atoms with Crippen LogP contribution in [0.1, 0.15) is 76.8 Å². The molecule has 5 fully saturated rings. The Labute approximate surface area is 293 Å². The molecule has 13 heteroatoms. The average molecular weight is 698 g/mol. The Morgan fingerprint density at radius 2 is 1.92 bits per heavy atom. The topological polar surface area (TPSA) is 164 Å². The van der Waals surface area contributed by atoms with E-state index < -0.39 is 47.5 Å². The number of methoxy groups -OCH3 is 1. The normalized spacial score (nSPS) is 35.0. The van der Waals surface area contributed by atoms with Crippen molar-refractivity contribution in [1.82, 2.24) is 15.5 Å². The van der Waals surface area contributed by atoms with E-state index in [0.717, 1.165) is 54.6 Å². The molecule has 0 radical (unpaired) electrons. The molecule has 1 aromatic rings. The molecule has 7 aliphatic rings. The minimum absolute atomic E-state index is 0.0232. The summed E-state index contributed by atoms with van der Waals surface area (Å²) in [5, 5.41) is 25.8. The number of likely N-dealkylation sites (tertiary alicyclic amines) is 1. The molecule has 1 saturated heterocycles. The third-order valence-corrected chi connectivity index (χ3v) is 13.5. The van der Waals surface area contributed by atoms with Gasteiger partial charge in [-0.3, -0.25) is 14.4 Å². The molecule has 4 bridgehead atoms. The molecule has 2 aliphatic heterocycles. The van der Waals surface area contributed by atoms with Gasteiger partial charge < -0.3 is 44.4 Å². The molecule has 0 aromatic heterocycles. The molecule has 8 atom stereocenters. The molecule has 3 amide bonds. The molecule has 2 spiro atoms. The zero-order valence-electron chi connectivity index (χ0n) is 30.2. The van der Waals surface area contributed by atoms with Crippen LogP contribution in [-0.4, -0.2) is 120 Å². The summed E-state index contributed by atoms with van der Waals surface area (Å²) in [4.78, 5) is 50.0. The number of likely N-dealkylation sites (N-methyl/N-ethyl adjacent to an activating group) is 2. The summed E-state index contributed by atoms with van der Waals surface area (Å²) in [5.41, 5.74) is 0.298. The standard InChI is InChI=1S/C37H52N4O9/c1-21(42)39-24(18-28(43)44)31(45)38-14-15-40(4)33(46)49-25-10-9-23-17-27-35-11-12-37(48-6,26(19-35)34(2,3)47)32-36(35,29(23)30(25)50-32)13-16-41(27,5)20-22-7-8-22/h9-10,22,24,26-27,32,47H,7-8,11-20H2,1-6H3,(H2-,38,39,42,43,44,45)/p+1/t24-,26+,27+,32+,35+,36-,37+,41?/m0/s1. The van der Waals surface area contributed by atoms with Crippen LogP contribution in [0.3, 0.4) is 0 Å². The van der Waals surface area contributed by atoms with Gasteiger partial charge in [0.05, 0.1) is 43.6 Å². The lowest BCUT2D eigenvalue weighted by Crippen LogP contribution is -2.84. The minimum Gasteiger partial charge on any atom is -0.482 e. The van der Waals surface area contributed by atoms with Crippen LogP contribution < -0.4 is 20.1 Å². The Morgan fingerprint density at radius 1 is 1.18 bits per heavy atom. The van der Waals surface area contributed by atoms with Crippen LogP contribution in [0.2, 0.25) is 0 Å². The van der Waals surface area contributed by atoms with Gasteiger partial charge in [0.1, 0.15) is 17.7 Å². The van der Waals surface area contributed by atoms with Crippen LogP contribution in [0.4, 0.5) is 4.79 Å². The van der Waals surface area contributed by atoms with Crippen molar-refractivity contribution in [3.8, 4) is 11.5 Å². The SMILES string of the molecule is CO[C@]12CC[C@@]3(C[C@@H]1C(C)(C)O)[C@H]1Cc4ccc(OC(=O)N(C)CCNC(=O)[C@H](CC(=O)O)NC(C)=O)c5c4[C@@]3(CC[N+]1(C)CC1CC1)[C@H]2O5. The highest BCUT2D eigenvalue weighted by Gasteiger charge is 2.84.